The van der Waals surface area contributed by atoms with Crippen molar-refractivity contribution in [2.75, 3.05) is 25.4 Å². The maximum atomic E-state index is 12.5. The maximum Gasteiger partial charge on any atom is 0.254 e. The van der Waals surface area contributed by atoms with Gasteiger partial charge in [0.25, 0.3) is 5.91 Å². The number of nitrogen functional groups attached to an aromatic ring is 1. The highest BCUT2D eigenvalue weighted by Gasteiger charge is 2.18. The van der Waals surface area contributed by atoms with Crippen molar-refractivity contribution in [2.24, 2.45) is 0 Å². The molecular weight excluding hydrogens is 266 g/mol. The van der Waals surface area contributed by atoms with Crippen LogP contribution in [-0.2, 0) is 4.79 Å². The molecule has 1 aromatic rings. The number of hydrogen-bond acceptors (Lipinski definition) is 3. The summed E-state index contributed by atoms with van der Waals surface area (Å²) in [7, 11) is 0. The average molecular weight is 291 g/mol. The number of carbonyl (C=O) groups is 2. The van der Waals surface area contributed by atoms with Crippen LogP contribution in [0.3, 0.4) is 0 Å². The van der Waals surface area contributed by atoms with Crippen LogP contribution in [0.5, 0.6) is 0 Å². The number of aryl methyl sites for hydroxylation is 1. The first-order valence-electron chi connectivity index (χ1n) is 7.41. The summed E-state index contributed by atoms with van der Waals surface area (Å²) in [5, 5.41) is 2.79. The predicted molar refractivity (Wildman–Crippen MR) is 85.1 cm³/mol. The molecule has 0 unspecified atom stereocenters. The highest BCUT2D eigenvalue weighted by atomic mass is 16.2. The number of benzene rings is 1. The summed E-state index contributed by atoms with van der Waals surface area (Å²) in [5.74, 6) is -0.279. The number of nitrogens with two attached hydrogens (primary N) is 1. The predicted octanol–water partition coefficient (Wildman–Crippen LogP) is 1.96. The molecule has 5 heteroatoms. The van der Waals surface area contributed by atoms with Crippen molar-refractivity contribution >= 4 is 17.5 Å². The van der Waals surface area contributed by atoms with Crippen LogP contribution in [0.15, 0.2) is 18.2 Å². The monoisotopic (exact) mass is 291 g/mol. The van der Waals surface area contributed by atoms with Gasteiger partial charge in [0.2, 0.25) is 5.91 Å². The summed E-state index contributed by atoms with van der Waals surface area (Å²) < 4.78 is 0. The van der Waals surface area contributed by atoms with Crippen LogP contribution in [0.4, 0.5) is 5.69 Å². The summed E-state index contributed by atoms with van der Waals surface area (Å²) >= 11 is 0. The number of amides is 2. The minimum Gasteiger partial charge on any atom is -0.399 e. The molecule has 0 aliphatic carbocycles. The van der Waals surface area contributed by atoms with Gasteiger partial charge in [-0.2, -0.15) is 0 Å². The summed E-state index contributed by atoms with van der Waals surface area (Å²) in [6, 6.07) is 5.27. The first-order valence-corrected chi connectivity index (χ1v) is 7.41. The van der Waals surface area contributed by atoms with E-state index in [9.17, 15) is 9.59 Å². The zero-order valence-corrected chi connectivity index (χ0v) is 13.1. The highest BCUT2D eigenvalue weighted by Crippen LogP contribution is 2.13. The third-order valence-corrected chi connectivity index (χ3v) is 3.03. The normalized spacial score (nSPS) is 10.2. The summed E-state index contributed by atoms with van der Waals surface area (Å²) in [6.07, 6.45) is 1.68. The molecule has 116 valence electrons. The zero-order valence-electron chi connectivity index (χ0n) is 13.1. The molecule has 0 aromatic heterocycles. The van der Waals surface area contributed by atoms with E-state index in [-0.39, 0.29) is 18.4 Å². The SMILES string of the molecule is CCCNC(=O)CN(CCC)C(=O)c1cc(C)cc(N)c1. The lowest BCUT2D eigenvalue weighted by Gasteiger charge is -2.22. The highest BCUT2D eigenvalue weighted by molar-refractivity contribution is 5.97. The Kier molecular flexibility index (Phi) is 6.72. The molecular formula is C16H25N3O2. The van der Waals surface area contributed by atoms with E-state index in [0.717, 1.165) is 18.4 Å². The molecule has 0 radical (unpaired) electrons. The molecule has 1 rings (SSSR count). The van der Waals surface area contributed by atoms with E-state index in [4.69, 9.17) is 5.73 Å². The molecule has 3 N–H and O–H groups in total. The van der Waals surface area contributed by atoms with Crippen LogP contribution < -0.4 is 11.1 Å². The number of nitrogens with zero attached hydrogens (tertiary/aromatic N) is 1. The van der Waals surface area contributed by atoms with Gasteiger partial charge in [0.1, 0.15) is 0 Å². The van der Waals surface area contributed by atoms with Gasteiger partial charge in [-0.3, -0.25) is 9.59 Å². The van der Waals surface area contributed by atoms with Crippen LogP contribution in [0, 0.1) is 6.92 Å². The average Bonchev–Trinajstić information content (AvgIpc) is 2.42. The van der Waals surface area contributed by atoms with Gasteiger partial charge < -0.3 is 16.0 Å². The Labute approximate surface area is 126 Å². The number of hydrogen-bond donors (Lipinski definition) is 2. The van der Waals surface area contributed by atoms with Crippen LogP contribution in [0.2, 0.25) is 0 Å². The Hall–Kier alpha value is -2.04. The Balaban J connectivity index is 2.83. The van der Waals surface area contributed by atoms with Crippen molar-refractivity contribution < 1.29 is 9.59 Å². The molecule has 0 aliphatic heterocycles. The fraction of sp³-hybridized carbons (Fsp3) is 0.500. The van der Waals surface area contributed by atoms with Gasteiger partial charge in [0, 0.05) is 24.3 Å². The zero-order chi connectivity index (χ0) is 15.8. The number of rotatable bonds is 7. The standard InChI is InChI=1S/C16H25N3O2/c1-4-6-18-15(20)11-19(7-5-2)16(21)13-8-12(3)9-14(17)10-13/h8-10H,4-7,11,17H2,1-3H3,(H,18,20). The number of carbonyl (C=O) groups excluding carboxylic acids is 2. The molecule has 0 fully saturated rings. The molecule has 0 saturated carbocycles. The van der Waals surface area contributed by atoms with E-state index in [1.54, 1.807) is 17.0 Å². The van der Waals surface area contributed by atoms with Gasteiger partial charge >= 0.3 is 0 Å². The lowest BCUT2D eigenvalue weighted by Crippen LogP contribution is -2.41. The van der Waals surface area contributed by atoms with E-state index < -0.39 is 0 Å². The molecule has 0 saturated heterocycles. The summed E-state index contributed by atoms with van der Waals surface area (Å²) in [6.45, 7) is 7.13. The van der Waals surface area contributed by atoms with Crippen LogP contribution in [-0.4, -0.2) is 36.3 Å². The Morgan fingerprint density at radius 3 is 2.48 bits per heavy atom. The van der Waals surface area contributed by atoms with Crippen molar-refractivity contribution in [3.8, 4) is 0 Å². The molecule has 0 spiro atoms. The van der Waals surface area contributed by atoms with E-state index in [1.165, 1.54) is 0 Å². The first-order chi connectivity index (χ1) is 9.97. The van der Waals surface area contributed by atoms with Crippen LogP contribution >= 0.6 is 0 Å². The molecule has 0 atom stereocenters. The lowest BCUT2D eigenvalue weighted by molar-refractivity contribution is -0.121. The molecule has 0 aliphatic rings. The fourth-order valence-corrected chi connectivity index (χ4v) is 2.13. The van der Waals surface area contributed by atoms with Crippen molar-refractivity contribution in [1.82, 2.24) is 10.2 Å². The Morgan fingerprint density at radius 1 is 1.19 bits per heavy atom. The summed E-state index contributed by atoms with van der Waals surface area (Å²) in [4.78, 5) is 25.9. The fourth-order valence-electron chi connectivity index (χ4n) is 2.13. The molecule has 5 nitrogen and oxygen atoms in total. The summed E-state index contributed by atoms with van der Waals surface area (Å²) in [5.41, 5.74) is 7.82. The van der Waals surface area contributed by atoms with Crippen molar-refractivity contribution in [3.63, 3.8) is 0 Å². The minimum absolute atomic E-state index is 0.0838. The molecule has 1 aromatic carbocycles. The van der Waals surface area contributed by atoms with Crippen molar-refractivity contribution in [3.05, 3.63) is 29.3 Å². The van der Waals surface area contributed by atoms with Crippen molar-refractivity contribution in [2.45, 2.75) is 33.6 Å². The topological polar surface area (TPSA) is 75.4 Å². The minimum atomic E-state index is -0.154. The van der Waals surface area contributed by atoms with Crippen LogP contribution in [0.1, 0.15) is 42.6 Å². The second-order valence-corrected chi connectivity index (χ2v) is 5.21. The smallest absolute Gasteiger partial charge is 0.254 e. The molecule has 0 bridgehead atoms. The quantitative estimate of drug-likeness (QED) is 0.754. The van der Waals surface area contributed by atoms with E-state index in [0.29, 0.717) is 24.3 Å². The maximum absolute atomic E-state index is 12.5. The van der Waals surface area contributed by atoms with Gasteiger partial charge in [-0.15, -0.1) is 0 Å². The van der Waals surface area contributed by atoms with Crippen molar-refractivity contribution in [1.29, 1.82) is 0 Å². The molecule has 21 heavy (non-hydrogen) atoms. The largest absolute Gasteiger partial charge is 0.399 e. The molecule has 0 heterocycles. The first kappa shape index (κ1) is 17.0. The van der Waals surface area contributed by atoms with Gasteiger partial charge in [0.15, 0.2) is 0 Å². The van der Waals surface area contributed by atoms with E-state index in [2.05, 4.69) is 5.32 Å². The van der Waals surface area contributed by atoms with Gasteiger partial charge in [0.05, 0.1) is 6.54 Å². The third-order valence-electron chi connectivity index (χ3n) is 3.03. The third kappa shape index (κ3) is 5.45. The van der Waals surface area contributed by atoms with Gasteiger partial charge in [-0.05, 0) is 43.5 Å². The number of nitrogens with one attached hydrogen (secondary N) is 1. The second kappa shape index (κ2) is 8.29. The van der Waals surface area contributed by atoms with E-state index >= 15 is 0 Å². The van der Waals surface area contributed by atoms with Gasteiger partial charge in [-0.25, -0.2) is 0 Å². The lowest BCUT2D eigenvalue weighted by atomic mass is 10.1. The second-order valence-electron chi connectivity index (χ2n) is 5.21. The van der Waals surface area contributed by atoms with E-state index in [1.807, 2.05) is 26.8 Å². The molecule has 2 amide bonds. The number of anilines is 1. The Morgan fingerprint density at radius 2 is 1.90 bits per heavy atom. The Bertz CT molecular complexity index is 480. The van der Waals surface area contributed by atoms with Gasteiger partial charge in [-0.1, -0.05) is 13.8 Å². The van der Waals surface area contributed by atoms with Crippen LogP contribution in [0.25, 0.3) is 0 Å².